The fourth-order valence-corrected chi connectivity index (χ4v) is 1.70. The minimum atomic E-state index is 1.14. The van der Waals surface area contributed by atoms with E-state index < -0.39 is 0 Å². The molecule has 0 saturated carbocycles. The van der Waals surface area contributed by atoms with Crippen molar-refractivity contribution in [3.8, 4) is 0 Å². The number of hydrogen-bond donors (Lipinski definition) is 0. The van der Waals surface area contributed by atoms with Crippen molar-refractivity contribution in [1.29, 1.82) is 0 Å². The highest BCUT2D eigenvalue weighted by Gasteiger charge is 1.96. The van der Waals surface area contributed by atoms with Crippen molar-refractivity contribution >= 4 is 0 Å². The van der Waals surface area contributed by atoms with Gasteiger partial charge < -0.3 is 9.80 Å². The molecule has 0 spiro atoms. The van der Waals surface area contributed by atoms with Crippen molar-refractivity contribution < 1.29 is 0 Å². The molecule has 0 unspecified atom stereocenters. The number of rotatable bonds is 0. The summed E-state index contributed by atoms with van der Waals surface area (Å²) in [6.07, 6.45) is 12.7. The van der Waals surface area contributed by atoms with Crippen molar-refractivity contribution in [2.75, 3.05) is 40.3 Å². The van der Waals surface area contributed by atoms with Gasteiger partial charge in [-0.05, 0) is 33.4 Å². The van der Waals surface area contributed by atoms with E-state index in [1.165, 1.54) is 38.9 Å². The van der Waals surface area contributed by atoms with Gasteiger partial charge in [-0.3, -0.25) is 0 Å². The quantitative estimate of drug-likeness (QED) is 0.608. The fraction of sp³-hybridized carbons (Fsp3) is 0.765. The Labute approximate surface area is 122 Å². The Hall–Kier alpha value is -0.600. The molecule has 0 radical (unpaired) electrons. The van der Waals surface area contributed by atoms with Gasteiger partial charge in [-0.2, -0.15) is 0 Å². The van der Waals surface area contributed by atoms with Crippen LogP contribution >= 0.6 is 0 Å². The van der Waals surface area contributed by atoms with Crippen LogP contribution in [-0.2, 0) is 0 Å². The van der Waals surface area contributed by atoms with Crippen LogP contribution < -0.4 is 0 Å². The smallest absolute Gasteiger partial charge is 0.0160 e. The molecule has 0 N–H and O–H groups in total. The molecule has 0 fully saturated rings. The summed E-state index contributed by atoms with van der Waals surface area (Å²) >= 11 is 0. The first kappa shape index (κ1) is 20.7. The van der Waals surface area contributed by atoms with Gasteiger partial charge in [0.25, 0.3) is 0 Å². The van der Waals surface area contributed by atoms with E-state index in [9.17, 15) is 0 Å². The molecule has 0 aromatic carbocycles. The van der Waals surface area contributed by atoms with Gasteiger partial charge in [-0.25, -0.2) is 0 Å². The summed E-state index contributed by atoms with van der Waals surface area (Å²) in [5.41, 5.74) is 0. The topological polar surface area (TPSA) is 6.48 Å². The van der Waals surface area contributed by atoms with E-state index >= 15 is 0 Å². The highest BCUT2D eigenvalue weighted by atomic mass is 15.1. The van der Waals surface area contributed by atoms with Crippen LogP contribution in [0.1, 0.15) is 47.0 Å². The fourth-order valence-electron chi connectivity index (χ4n) is 1.70. The maximum atomic E-state index is 2.36. The summed E-state index contributed by atoms with van der Waals surface area (Å²) in [5, 5.41) is 0. The van der Waals surface area contributed by atoms with Gasteiger partial charge in [0.2, 0.25) is 0 Å². The maximum Gasteiger partial charge on any atom is 0.0160 e. The van der Waals surface area contributed by atoms with E-state index in [-0.39, 0.29) is 0 Å². The second-order valence-electron chi connectivity index (χ2n) is 4.37. The average molecular weight is 268 g/mol. The summed E-state index contributed by atoms with van der Waals surface area (Å²) in [4.78, 5) is 4.67. The van der Waals surface area contributed by atoms with Crippen LogP contribution in [0, 0.1) is 0 Å². The summed E-state index contributed by atoms with van der Waals surface area (Å²) in [6.45, 7) is 12.8. The lowest BCUT2D eigenvalue weighted by atomic mass is 10.3. The standard InChI is InChI=1S/C7H13N.C6H11N.2C2H6/c1-8-6-4-2-3-5-7-8;1-7-5-3-2-4-6-7;2*1-2/h2-3H,4-7H2,1H3;2-3H,4-6H2,1H3;2*1-2H3. The first-order chi connectivity index (χ1) is 9.29. The SMILES string of the molecule is CC.CC.CN1CC=CCC1.CN1CCC=CCC1. The summed E-state index contributed by atoms with van der Waals surface area (Å²) in [5.74, 6) is 0. The maximum absolute atomic E-state index is 2.36. The monoisotopic (exact) mass is 268 g/mol. The van der Waals surface area contributed by atoms with E-state index in [4.69, 9.17) is 0 Å². The Morgan fingerprint density at radius 3 is 1.26 bits per heavy atom. The van der Waals surface area contributed by atoms with E-state index in [0.717, 1.165) is 6.54 Å². The zero-order valence-corrected chi connectivity index (χ0v) is 14.2. The molecule has 0 atom stereocenters. The first-order valence-corrected chi connectivity index (χ1v) is 7.96. The Bertz CT molecular complexity index is 199. The number of hydrogen-bond acceptors (Lipinski definition) is 2. The Morgan fingerprint density at radius 1 is 0.579 bits per heavy atom. The molecule has 114 valence electrons. The average Bonchev–Trinajstić information content (AvgIpc) is 2.72. The predicted octanol–water partition coefficient (Wildman–Crippen LogP) is 4.20. The molecule has 0 aromatic rings. The van der Waals surface area contributed by atoms with E-state index in [1.807, 2.05) is 27.7 Å². The highest BCUT2D eigenvalue weighted by Crippen LogP contribution is 1.98. The minimum Gasteiger partial charge on any atom is -0.306 e. The van der Waals surface area contributed by atoms with Gasteiger partial charge in [0.15, 0.2) is 0 Å². The van der Waals surface area contributed by atoms with Crippen molar-refractivity contribution in [3.63, 3.8) is 0 Å². The van der Waals surface area contributed by atoms with Crippen molar-refractivity contribution in [3.05, 3.63) is 24.3 Å². The van der Waals surface area contributed by atoms with Crippen LogP contribution in [0.25, 0.3) is 0 Å². The van der Waals surface area contributed by atoms with E-state index in [0.29, 0.717) is 0 Å². The van der Waals surface area contributed by atoms with Gasteiger partial charge in [0, 0.05) is 26.2 Å². The van der Waals surface area contributed by atoms with Crippen LogP contribution in [0.2, 0.25) is 0 Å². The Morgan fingerprint density at radius 2 is 0.947 bits per heavy atom. The summed E-state index contributed by atoms with van der Waals surface area (Å²) in [7, 11) is 4.32. The van der Waals surface area contributed by atoms with Gasteiger partial charge >= 0.3 is 0 Å². The predicted molar refractivity (Wildman–Crippen MR) is 89.8 cm³/mol. The molecule has 2 nitrogen and oxygen atoms in total. The molecule has 2 heterocycles. The Kier molecular flexibility index (Phi) is 19.0. The van der Waals surface area contributed by atoms with E-state index in [1.54, 1.807) is 0 Å². The molecule has 2 heteroatoms. The molecule has 0 saturated heterocycles. The summed E-state index contributed by atoms with van der Waals surface area (Å²) < 4.78 is 0. The highest BCUT2D eigenvalue weighted by molar-refractivity contribution is 4.89. The molecule has 0 aliphatic carbocycles. The molecule has 2 aliphatic heterocycles. The van der Waals surface area contributed by atoms with E-state index in [2.05, 4.69) is 48.2 Å². The van der Waals surface area contributed by atoms with Gasteiger partial charge in [-0.1, -0.05) is 52.0 Å². The zero-order chi connectivity index (χ0) is 14.9. The third-order valence-electron chi connectivity index (χ3n) is 2.78. The van der Waals surface area contributed by atoms with Crippen molar-refractivity contribution in [2.45, 2.75) is 47.0 Å². The second-order valence-corrected chi connectivity index (χ2v) is 4.37. The zero-order valence-electron chi connectivity index (χ0n) is 14.2. The van der Waals surface area contributed by atoms with Gasteiger partial charge in [0.05, 0.1) is 0 Å². The lowest BCUT2D eigenvalue weighted by molar-refractivity contribution is 0.354. The van der Waals surface area contributed by atoms with Crippen LogP contribution in [0.5, 0.6) is 0 Å². The van der Waals surface area contributed by atoms with Crippen LogP contribution in [0.3, 0.4) is 0 Å². The molecule has 2 aliphatic rings. The largest absolute Gasteiger partial charge is 0.306 e. The van der Waals surface area contributed by atoms with Crippen LogP contribution in [0.15, 0.2) is 24.3 Å². The molecule has 0 aromatic heterocycles. The van der Waals surface area contributed by atoms with Crippen LogP contribution in [0.4, 0.5) is 0 Å². The molecular formula is C17H36N2. The van der Waals surface area contributed by atoms with Crippen LogP contribution in [-0.4, -0.2) is 50.1 Å². The summed E-state index contributed by atoms with van der Waals surface area (Å²) in [6, 6.07) is 0. The normalized spacial score (nSPS) is 18.8. The molecule has 0 amide bonds. The molecule has 2 rings (SSSR count). The van der Waals surface area contributed by atoms with Crippen molar-refractivity contribution in [2.24, 2.45) is 0 Å². The molecular weight excluding hydrogens is 232 g/mol. The number of nitrogens with zero attached hydrogens (tertiary/aromatic N) is 2. The third-order valence-corrected chi connectivity index (χ3v) is 2.78. The molecule has 0 bridgehead atoms. The van der Waals surface area contributed by atoms with Gasteiger partial charge in [-0.15, -0.1) is 0 Å². The van der Waals surface area contributed by atoms with Gasteiger partial charge in [0.1, 0.15) is 0 Å². The number of likely N-dealkylation sites (N-methyl/N-ethyl adjacent to an activating group) is 1. The first-order valence-electron chi connectivity index (χ1n) is 7.96. The Balaban J connectivity index is 0. The third kappa shape index (κ3) is 15.3. The lowest BCUT2D eigenvalue weighted by Gasteiger charge is -2.15. The lowest BCUT2D eigenvalue weighted by Crippen LogP contribution is -2.21. The van der Waals surface area contributed by atoms with Crippen molar-refractivity contribution in [1.82, 2.24) is 9.80 Å². The second kappa shape index (κ2) is 17.4. The minimum absolute atomic E-state index is 1.14. The molecule has 19 heavy (non-hydrogen) atoms.